The highest BCUT2D eigenvalue weighted by Crippen LogP contribution is 2.18. The Hall–Kier alpha value is -0.980. The predicted molar refractivity (Wildman–Crippen MR) is 44.4 cm³/mol. The van der Waals surface area contributed by atoms with E-state index in [-0.39, 0.29) is 0 Å². The van der Waals surface area contributed by atoms with Gasteiger partial charge in [-0.3, -0.25) is 0 Å². The van der Waals surface area contributed by atoms with Crippen LogP contribution in [0.15, 0.2) is 35.6 Å². The molecule has 0 fully saturated rings. The van der Waals surface area contributed by atoms with Crippen LogP contribution in [0.2, 0.25) is 0 Å². The minimum absolute atomic E-state index is 1.13. The Morgan fingerprint density at radius 2 is 2.40 bits per heavy atom. The zero-order chi connectivity index (χ0) is 7.40. The van der Waals surface area contributed by atoms with Crippen molar-refractivity contribution in [1.82, 2.24) is 0 Å². The first-order valence-electron chi connectivity index (χ1n) is 3.59. The van der Waals surface area contributed by atoms with E-state index in [2.05, 4.69) is 19.1 Å². The predicted octanol–water partition coefficient (Wildman–Crippen LogP) is 2.13. The maximum Gasteiger partial charge on any atom is -0.00595 e. The Balaban J connectivity index is 2.79. The van der Waals surface area contributed by atoms with Crippen molar-refractivity contribution in [1.29, 1.82) is 0 Å². The fourth-order valence-electron chi connectivity index (χ4n) is 1.13. The molecule has 0 atom stereocenters. The minimum atomic E-state index is 1.13. The van der Waals surface area contributed by atoms with Crippen LogP contribution in [0.5, 0.6) is 0 Å². The van der Waals surface area contributed by atoms with Gasteiger partial charge in [-0.2, -0.15) is 0 Å². The van der Waals surface area contributed by atoms with Gasteiger partial charge in [0.15, 0.2) is 0 Å². The van der Waals surface area contributed by atoms with Crippen LogP contribution in [0, 0.1) is 0 Å². The highest BCUT2D eigenvalue weighted by Gasteiger charge is 1.99. The number of hydrogen-bond acceptors (Lipinski definition) is 1. The van der Waals surface area contributed by atoms with Gasteiger partial charge in [-0.25, -0.2) is 0 Å². The Morgan fingerprint density at radius 3 is 3.00 bits per heavy atom. The van der Waals surface area contributed by atoms with E-state index < -0.39 is 0 Å². The van der Waals surface area contributed by atoms with Crippen LogP contribution >= 0.6 is 0 Å². The summed E-state index contributed by atoms with van der Waals surface area (Å²) in [4.78, 5) is 0. The first kappa shape index (κ1) is 7.13. The highest BCUT2D eigenvalue weighted by molar-refractivity contribution is 5.34. The van der Waals surface area contributed by atoms with Crippen molar-refractivity contribution in [2.75, 3.05) is 0 Å². The third kappa shape index (κ3) is 1.50. The van der Waals surface area contributed by atoms with Gasteiger partial charge in [-0.15, -0.1) is 0 Å². The van der Waals surface area contributed by atoms with Crippen LogP contribution < -0.4 is 5.73 Å². The normalized spacial score (nSPS) is 18.9. The number of hydrogen-bond donors (Lipinski definition) is 1. The smallest absolute Gasteiger partial charge is 0.00595 e. The number of nitrogens with two attached hydrogens (primary N) is 1. The zero-order valence-corrected chi connectivity index (χ0v) is 6.30. The molecule has 1 aliphatic carbocycles. The highest BCUT2D eigenvalue weighted by atomic mass is 14.5. The molecule has 0 heterocycles. The van der Waals surface area contributed by atoms with Gasteiger partial charge in [0, 0.05) is 0 Å². The van der Waals surface area contributed by atoms with E-state index in [1.165, 1.54) is 11.1 Å². The Morgan fingerprint density at radius 1 is 1.60 bits per heavy atom. The lowest BCUT2D eigenvalue weighted by molar-refractivity contribution is 0.968. The van der Waals surface area contributed by atoms with Gasteiger partial charge < -0.3 is 5.73 Å². The molecule has 0 radical (unpaired) electrons. The molecule has 0 aromatic heterocycles. The second-order valence-electron chi connectivity index (χ2n) is 2.51. The minimum Gasteiger partial charge on any atom is -0.405 e. The van der Waals surface area contributed by atoms with Crippen LogP contribution in [-0.4, -0.2) is 0 Å². The lowest BCUT2D eigenvalue weighted by Gasteiger charge is -2.07. The Kier molecular flexibility index (Phi) is 2.32. The summed E-state index contributed by atoms with van der Waals surface area (Å²) in [5.74, 6) is 0. The van der Waals surface area contributed by atoms with E-state index in [0.29, 0.717) is 0 Å². The second kappa shape index (κ2) is 3.25. The van der Waals surface area contributed by atoms with Crippen LogP contribution in [-0.2, 0) is 0 Å². The van der Waals surface area contributed by atoms with E-state index in [1.54, 1.807) is 6.20 Å². The van der Waals surface area contributed by atoms with Crippen LogP contribution in [0.3, 0.4) is 0 Å². The van der Waals surface area contributed by atoms with Gasteiger partial charge in [-0.1, -0.05) is 12.2 Å². The third-order valence-electron chi connectivity index (χ3n) is 1.75. The summed E-state index contributed by atoms with van der Waals surface area (Å²) >= 11 is 0. The molecule has 10 heavy (non-hydrogen) atoms. The van der Waals surface area contributed by atoms with Crippen LogP contribution in [0.25, 0.3) is 0 Å². The molecule has 1 nitrogen and oxygen atoms in total. The molecule has 1 rings (SSSR count). The molecule has 0 aromatic carbocycles. The average Bonchev–Trinajstić information content (AvgIpc) is 1.94. The van der Waals surface area contributed by atoms with Crippen molar-refractivity contribution in [2.24, 2.45) is 5.73 Å². The molecular formula is C9H13N. The molecule has 0 spiro atoms. The molecule has 0 amide bonds. The van der Waals surface area contributed by atoms with E-state index in [1.807, 2.05) is 6.08 Å². The van der Waals surface area contributed by atoms with Gasteiger partial charge in [0.25, 0.3) is 0 Å². The van der Waals surface area contributed by atoms with Gasteiger partial charge in [-0.05, 0) is 43.2 Å². The lowest BCUT2D eigenvalue weighted by Crippen LogP contribution is -1.90. The van der Waals surface area contributed by atoms with E-state index >= 15 is 0 Å². The maximum absolute atomic E-state index is 5.28. The summed E-state index contributed by atoms with van der Waals surface area (Å²) in [5.41, 5.74) is 7.99. The maximum atomic E-state index is 5.28. The molecule has 1 heteroatoms. The summed E-state index contributed by atoms with van der Waals surface area (Å²) in [7, 11) is 0. The fraction of sp³-hybridized carbons (Fsp3) is 0.333. The summed E-state index contributed by atoms with van der Waals surface area (Å²) in [6, 6.07) is 0. The largest absolute Gasteiger partial charge is 0.405 e. The average molecular weight is 135 g/mol. The molecule has 0 unspecified atom stereocenters. The molecule has 0 aliphatic heterocycles. The molecule has 0 aromatic rings. The first-order chi connectivity index (χ1) is 4.84. The molecule has 2 N–H and O–H groups in total. The molecular weight excluding hydrogens is 122 g/mol. The zero-order valence-electron chi connectivity index (χ0n) is 6.30. The van der Waals surface area contributed by atoms with Crippen molar-refractivity contribution in [2.45, 2.75) is 19.8 Å². The van der Waals surface area contributed by atoms with Crippen LogP contribution in [0.1, 0.15) is 19.8 Å². The Bertz CT molecular complexity index is 197. The SMILES string of the molecule is CC1=C(/C=C\N)CCC=C1. The third-order valence-corrected chi connectivity index (χ3v) is 1.75. The lowest BCUT2D eigenvalue weighted by atomic mass is 9.99. The first-order valence-corrected chi connectivity index (χ1v) is 3.59. The van der Waals surface area contributed by atoms with Crippen molar-refractivity contribution >= 4 is 0 Å². The summed E-state index contributed by atoms with van der Waals surface area (Å²) in [6.45, 7) is 2.12. The molecule has 0 saturated carbocycles. The second-order valence-corrected chi connectivity index (χ2v) is 2.51. The quantitative estimate of drug-likeness (QED) is 0.585. The van der Waals surface area contributed by atoms with Gasteiger partial charge >= 0.3 is 0 Å². The van der Waals surface area contributed by atoms with E-state index in [0.717, 1.165) is 12.8 Å². The van der Waals surface area contributed by atoms with E-state index in [9.17, 15) is 0 Å². The van der Waals surface area contributed by atoms with E-state index in [4.69, 9.17) is 5.73 Å². The van der Waals surface area contributed by atoms with Crippen molar-refractivity contribution in [3.05, 3.63) is 35.6 Å². The molecule has 1 aliphatic rings. The number of allylic oxidation sites excluding steroid dienone is 5. The summed E-state index contributed by atoms with van der Waals surface area (Å²) in [5, 5.41) is 0. The fourth-order valence-corrected chi connectivity index (χ4v) is 1.13. The van der Waals surface area contributed by atoms with Crippen LogP contribution in [0.4, 0.5) is 0 Å². The van der Waals surface area contributed by atoms with Gasteiger partial charge in [0.1, 0.15) is 0 Å². The summed E-state index contributed by atoms with van der Waals surface area (Å²) < 4.78 is 0. The van der Waals surface area contributed by atoms with Gasteiger partial charge in [0.2, 0.25) is 0 Å². The van der Waals surface area contributed by atoms with Gasteiger partial charge in [0.05, 0.1) is 0 Å². The topological polar surface area (TPSA) is 26.0 Å². The standard InChI is InChI=1S/C9H13N/c1-8-4-2-3-5-9(8)6-7-10/h2,4,6-7H,3,5,10H2,1H3/b7-6-. The molecule has 54 valence electrons. The summed E-state index contributed by atoms with van der Waals surface area (Å²) in [6.07, 6.45) is 10.2. The number of rotatable bonds is 1. The molecule has 0 saturated heterocycles. The molecule has 0 bridgehead atoms. The monoisotopic (exact) mass is 135 g/mol. The van der Waals surface area contributed by atoms with Crippen molar-refractivity contribution in [3.63, 3.8) is 0 Å². The Labute approximate surface area is 61.9 Å². The van der Waals surface area contributed by atoms with Crippen molar-refractivity contribution in [3.8, 4) is 0 Å². The van der Waals surface area contributed by atoms with Crippen molar-refractivity contribution < 1.29 is 0 Å².